The summed E-state index contributed by atoms with van der Waals surface area (Å²) < 4.78 is 6.95. The van der Waals surface area contributed by atoms with Gasteiger partial charge in [-0.1, -0.05) is 6.92 Å². The summed E-state index contributed by atoms with van der Waals surface area (Å²) in [4.78, 5) is 16.0. The van der Waals surface area contributed by atoms with Crippen LogP contribution in [0.3, 0.4) is 0 Å². The normalized spacial score (nSPS) is 11.2. The van der Waals surface area contributed by atoms with Gasteiger partial charge >= 0.3 is 5.97 Å². The summed E-state index contributed by atoms with van der Waals surface area (Å²) in [7, 11) is 0. The van der Waals surface area contributed by atoms with Crippen LogP contribution in [0.15, 0.2) is 30.6 Å². The van der Waals surface area contributed by atoms with Gasteiger partial charge in [0.15, 0.2) is 0 Å². The number of hydrogen-bond donors (Lipinski definition) is 1. The lowest BCUT2D eigenvalue weighted by Gasteiger charge is -2.16. The van der Waals surface area contributed by atoms with Gasteiger partial charge in [-0.2, -0.15) is 5.10 Å². The van der Waals surface area contributed by atoms with Gasteiger partial charge in [0.05, 0.1) is 24.4 Å². The summed E-state index contributed by atoms with van der Waals surface area (Å²) in [5.74, 6) is -0.161. The minimum absolute atomic E-state index is 0.128. The van der Waals surface area contributed by atoms with E-state index in [0.717, 1.165) is 59.1 Å². The summed E-state index contributed by atoms with van der Waals surface area (Å²) in [6.45, 7) is 6.22. The van der Waals surface area contributed by atoms with Gasteiger partial charge in [-0.05, 0) is 68.9 Å². The largest absolute Gasteiger partial charge is 0.466 e. The molecule has 0 aliphatic carbocycles. The predicted molar refractivity (Wildman–Crippen MR) is 113 cm³/mol. The van der Waals surface area contributed by atoms with E-state index in [-0.39, 0.29) is 12.6 Å². The third kappa shape index (κ3) is 4.65. The molecule has 3 heterocycles. The Labute approximate surface area is 171 Å². The average molecular weight is 396 g/mol. The number of aromatic nitrogens is 3. The molecule has 0 aliphatic heterocycles. The topological polar surface area (TPSA) is 76.7 Å². The second kappa shape index (κ2) is 9.65. The van der Waals surface area contributed by atoms with Crippen molar-refractivity contribution in [3.63, 3.8) is 0 Å². The number of carbonyl (C=O) groups is 1. The quantitative estimate of drug-likeness (QED) is 0.437. The molecule has 0 spiro atoms. The molecule has 0 saturated heterocycles. The molecule has 3 aromatic heterocycles. The van der Waals surface area contributed by atoms with Crippen LogP contribution >= 0.6 is 0 Å². The Morgan fingerprint density at radius 1 is 1.21 bits per heavy atom. The fourth-order valence-corrected chi connectivity index (χ4v) is 3.74. The lowest BCUT2D eigenvalue weighted by Crippen LogP contribution is -2.09. The number of aryl methyl sites for hydroxylation is 2. The van der Waals surface area contributed by atoms with Crippen molar-refractivity contribution in [2.45, 2.75) is 59.5 Å². The minimum atomic E-state index is -0.161. The second-order valence-corrected chi connectivity index (χ2v) is 7.20. The van der Waals surface area contributed by atoms with Crippen molar-refractivity contribution in [1.82, 2.24) is 14.6 Å². The first-order chi connectivity index (χ1) is 14.1. The van der Waals surface area contributed by atoms with Gasteiger partial charge in [0.1, 0.15) is 0 Å². The van der Waals surface area contributed by atoms with Gasteiger partial charge in [0.2, 0.25) is 0 Å². The van der Waals surface area contributed by atoms with Crippen molar-refractivity contribution in [1.29, 1.82) is 0 Å². The van der Waals surface area contributed by atoms with Gasteiger partial charge in [-0.3, -0.25) is 9.78 Å². The van der Waals surface area contributed by atoms with E-state index in [9.17, 15) is 9.90 Å². The Morgan fingerprint density at radius 3 is 2.72 bits per heavy atom. The highest BCUT2D eigenvalue weighted by Crippen LogP contribution is 2.33. The molecule has 0 bridgehead atoms. The maximum atomic E-state index is 11.6. The molecule has 154 valence electrons. The van der Waals surface area contributed by atoms with Crippen molar-refractivity contribution in [2.75, 3.05) is 6.61 Å². The smallest absolute Gasteiger partial charge is 0.305 e. The predicted octanol–water partition coefficient (Wildman–Crippen LogP) is 4.04. The van der Waals surface area contributed by atoms with Gasteiger partial charge in [-0.25, -0.2) is 4.52 Å². The molecule has 0 aromatic carbocycles. The van der Waals surface area contributed by atoms with Crippen molar-refractivity contribution >= 4 is 11.5 Å². The molecule has 3 aromatic rings. The molecule has 6 nitrogen and oxygen atoms in total. The van der Waals surface area contributed by atoms with Crippen LogP contribution in [0.4, 0.5) is 0 Å². The first-order valence-electron chi connectivity index (χ1n) is 10.3. The molecule has 0 amide bonds. The molecule has 0 fully saturated rings. The van der Waals surface area contributed by atoms with Crippen LogP contribution in [-0.4, -0.2) is 32.3 Å². The monoisotopic (exact) mass is 395 g/mol. The number of fused-ring (bicyclic) bond motifs is 1. The van der Waals surface area contributed by atoms with Gasteiger partial charge in [0.25, 0.3) is 0 Å². The Bertz CT molecular complexity index is 994. The standard InChI is InChI=1S/C23H29N3O3/c1-4-18-10-11-21-23(17-12-16(3)13-24-14-17)19(20(15-27)25-26(18)21)8-6-7-9-22(28)29-5-2/h10-14,27H,4-9,15H2,1-3H3. The Morgan fingerprint density at radius 2 is 2.03 bits per heavy atom. The van der Waals surface area contributed by atoms with Crippen LogP contribution < -0.4 is 0 Å². The van der Waals surface area contributed by atoms with E-state index in [2.05, 4.69) is 30.1 Å². The third-order valence-electron chi connectivity index (χ3n) is 5.10. The summed E-state index contributed by atoms with van der Waals surface area (Å²) in [6, 6.07) is 6.29. The van der Waals surface area contributed by atoms with Crippen LogP contribution in [0.25, 0.3) is 16.6 Å². The van der Waals surface area contributed by atoms with Gasteiger partial charge in [-0.15, -0.1) is 0 Å². The number of esters is 1. The number of unbranched alkanes of at least 4 members (excludes halogenated alkanes) is 1. The maximum Gasteiger partial charge on any atom is 0.305 e. The van der Waals surface area contributed by atoms with Crippen molar-refractivity contribution in [3.8, 4) is 11.1 Å². The van der Waals surface area contributed by atoms with Crippen LogP contribution in [0, 0.1) is 6.92 Å². The molecule has 0 atom stereocenters. The highest BCUT2D eigenvalue weighted by Gasteiger charge is 2.18. The number of pyridine rings is 1. The SMILES string of the molecule is CCOC(=O)CCCCc1c(CO)nn2c(CC)ccc2c1-c1cncc(C)c1. The molecule has 29 heavy (non-hydrogen) atoms. The van der Waals surface area contributed by atoms with Crippen molar-refractivity contribution in [3.05, 3.63) is 53.1 Å². The summed E-state index contributed by atoms with van der Waals surface area (Å²) >= 11 is 0. The maximum absolute atomic E-state index is 11.6. The van der Waals surface area contributed by atoms with Crippen LogP contribution in [0.2, 0.25) is 0 Å². The number of ether oxygens (including phenoxy) is 1. The first kappa shape index (κ1) is 21.0. The lowest BCUT2D eigenvalue weighted by molar-refractivity contribution is -0.143. The highest BCUT2D eigenvalue weighted by atomic mass is 16.5. The van der Waals surface area contributed by atoms with Crippen molar-refractivity contribution in [2.24, 2.45) is 0 Å². The molecule has 3 rings (SSSR count). The van der Waals surface area contributed by atoms with E-state index >= 15 is 0 Å². The number of aliphatic hydroxyl groups is 1. The molecular weight excluding hydrogens is 366 g/mol. The Hall–Kier alpha value is -2.73. The van der Waals surface area contributed by atoms with E-state index < -0.39 is 0 Å². The van der Waals surface area contributed by atoms with E-state index in [0.29, 0.717) is 18.7 Å². The highest BCUT2D eigenvalue weighted by molar-refractivity contribution is 5.83. The van der Waals surface area contributed by atoms with Gasteiger partial charge in [0, 0.05) is 35.6 Å². The van der Waals surface area contributed by atoms with E-state index in [4.69, 9.17) is 9.84 Å². The molecule has 6 heteroatoms. The van der Waals surface area contributed by atoms with Crippen molar-refractivity contribution < 1.29 is 14.6 Å². The second-order valence-electron chi connectivity index (χ2n) is 7.20. The number of aliphatic hydroxyl groups excluding tert-OH is 1. The molecule has 0 saturated carbocycles. The summed E-state index contributed by atoms with van der Waals surface area (Å²) in [5, 5.41) is 14.8. The molecule has 0 aliphatic rings. The fraction of sp³-hybridized carbons (Fsp3) is 0.435. The zero-order chi connectivity index (χ0) is 20.8. The molecule has 0 radical (unpaired) electrons. The minimum Gasteiger partial charge on any atom is -0.466 e. The summed E-state index contributed by atoms with van der Waals surface area (Å²) in [6.07, 6.45) is 7.25. The number of rotatable bonds is 9. The average Bonchev–Trinajstić information content (AvgIpc) is 3.13. The van der Waals surface area contributed by atoms with Gasteiger partial charge < -0.3 is 9.84 Å². The van der Waals surface area contributed by atoms with E-state index in [1.54, 1.807) is 0 Å². The van der Waals surface area contributed by atoms with E-state index in [1.807, 2.05) is 30.8 Å². The molecule has 1 N–H and O–H groups in total. The first-order valence-corrected chi connectivity index (χ1v) is 10.3. The number of nitrogens with zero attached hydrogens (tertiary/aromatic N) is 3. The third-order valence-corrected chi connectivity index (χ3v) is 5.10. The fourth-order valence-electron chi connectivity index (χ4n) is 3.74. The Balaban J connectivity index is 2.02. The zero-order valence-corrected chi connectivity index (χ0v) is 17.4. The van der Waals surface area contributed by atoms with E-state index in [1.165, 1.54) is 0 Å². The Kier molecular flexibility index (Phi) is 6.99. The summed E-state index contributed by atoms with van der Waals surface area (Å²) in [5.41, 5.74) is 6.99. The molecule has 0 unspecified atom stereocenters. The zero-order valence-electron chi connectivity index (χ0n) is 17.4. The van der Waals surface area contributed by atoms with Crippen LogP contribution in [-0.2, 0) is 29.0 Å². The van der Waals surface area contributed by atoms with Crippen LogP contribution in [0.5, 0.6) is 0 Å². The van der Waals surface area contributed by atoms with Crippen LogP contribution in [0.1, 0.15) is 55.6 Å². The number of carbonyl (C=O) groups excluding carboxylic acids is 1. The number of hydrogen-bond acceptors (Lipinski definition) is 5. The lowest BCUT2D eigenvalue weighted by atomic mass is 9.95. The molecular formula is C23H29N3O3.